The van der Waals surface area contributed by atoms with E-state index in [2.05, 4.69) is 9.71 Å². The molecular formula is C20H25N3O3S. The van der Waals surface area contributed by atoms with E-state index >= 15 is 0 Å². The molecule has 7 heteroatoms. The lowest BCUT2D eigenvalue weighted by molar-refractivity contribution is -0.117. The Morgan fingerprint density at radius 3 is 2.37 bits per heavy atom. The van der Waals surface area contributed by atoms with Crippen molar-refractivity contribution in [1.29, 1.82) is 0 Å². The van der Waals surface area contributed by atoms with Crippen LogP contribution >= 0.6 is 0 Å². The van der Waals surface area contributed by atoms with Gasteiger partial charge in [-0.2, -0.15) is 0 Å². The fourth-order valence-electron chi connectivity index (χ4n) is 3.44. The number of benzene rings is 1. The van der Waals surface area contributed by atoms with Crippen LogP contribution in [0, 0.1) is 27.7 Å². The van der Waals surface area contributed by atoms with Crippen molar-refractivity contribution in [3.05, 3.63) is 52.2 Å². The third-order valence-electron chi connectivity index (χ3n) is 5.19. The van der Waals surface area contributed by atoms with E-state index in [1.165, 1.54) is 0 Å². The summed E-state index contributed by atoms with van der Waals surface area (Å²) in [7, 11) is -3.66. The Kier molecular flexibility index (Phi) is 5.35. The highest BCUT2D eigenvalue weighted by atomic mass is 32.2. The maximum atomic E-state index is 13.0. The number of aromatic nitrogens is 1. The molecule has 27 heavy (non-hydrogen) atoms. The molecule has 1 aromatic carbocycles. The number of nitrogens with zero attached hydrogens (tertiary/aromatic N) is 2. The number of anilines is 1. The Bertz CT molecular complexity index is 974. The van der Waals surface area contributed by atoms with Crippen LogP contribution in [0.25, 0.3) is 0 Å². The molecule has 1 N–H and O–H groups in total. The Balaban J connectivity index is 1.84. The van der Waals surface area contributed by atoms with Crippen LogP contribution in [0.15, 0.2) is 29.3 Å². The summed E-state index contributed by atoms with van der Waals surface area (Å²) in [4.78, 5) is 18.2. The Labute approximate surface area is 160 Å². The fourth-order valence-corrected chi connectivity index (χ4v) is 5.07. The van der Waals surface area contributed by atoms with E-state index in [9.17, 15) is 13.2 Å². The van der Waals surface area contributed by atoms with Crippen molar-refractivity contribution < 1.29 is 13.2 Å². The molecule has 0 aliphatic carbocycles. The second-order valence-corrected chi connectivity index (χ2v) is 8.79. The Morgan fingerprint density at radius 2 is 1.78 bits per heavy atom. The first kappa shape index (κ1) is 19.5. The number of carbonyl (C=O) groups is 1. The van der Waals surface area contributed by atoms with E-state index < -0.39 is 10.0 Å². The van der Waals surface area contributed by atoms with Crippen molar-refractivity contribution in [1.82, 2.24) is 9.71 Å². The summed E-state index contributed by atoms with van der Waals surface area (Å²) in [6.07, 6.45) is 2.96. The largest absolute Gasteiger partial charge is 0.297 e. The number of amides is 1. The first-order valence-electron chi connectivity index (χ1n) is 9.03. The van der Waals surface area contributed by atoms with E-state index in [-0.39, 0.29) is 12.5 Å². The van der Waals surface area contributed by atoms with Crippen molar-refractivity contribution in [3.63, 3.8) is 0 Å². The van der Waals surface area contributed by atoms with Gasteiger partial charge in [-0.1, -0.05) is 6.07 Å². The van der Waals surface area contributed by atoms with Crippen LogP contribution in [0.1, 0.15) is 40.7 Å². The van der Waals surface area contributed by atoms with Crippen LogP contribution in [-0.2, 0) is 21.4 Å². The highest BCUT2D eigenvalue weighted by Crippen LogP contribution is 2.26. The van der Waals surface area contributed by atoms with Gasteiger partial charge in [-0.25, -0.2) is 18.1 Å². The highest BCUT2D eigenvalue weighted by Gasteiger charge is 2.24. The van der Waals surface area contributed by atoms with Crippen molar-refractivity contribution in [2.45, 2.75) is 52.0 Å². The van der Waals surface area contributed by atoms with Gasteiger partial charge in [0.15, 0.2) is 0 Å². The minimum Gasteiger partial charge on any atom is -0.297 e. The molecule has 1 aromatic heterocycles. The number of hydrogen-bond donors (Lipinski definition) is 1. The summed E-state index contributed by atoms with van der Waals surface area (Å²) in [6.45, 7) is 8.31. The molecule has 144 valence electrons. The molecule has 0 bridgehead atoms. The van der Waals surface area contributed by atoms with Gasteiger partial charge in [0.05, 0.1) is 4.90 Å². The van der Waals surface area contributed by atoms with E-state index in [0.717, 1.165) is 34.2 Å². The number of hydrogen-bond acceptors (Lipinski definition) is 4. The predicted molar refractivity (Wildman–Crippen MR) is 105 cm³/mol. The molecule has 1 fully saturated rings. The number of carbonyl (C=O) groups excluding carboxylic acids is 1. The zero-order valence-corrected chi connectivity index (χ0v) is 17.0. The summed E-state index contributed by atoms with van der Waals surface area (Å²) >= 11 is 0. The normalized spacial score (nSPS) is 14.8. The quantitative estimate of drug-likeness (QED) is 0.855. The zero-order chi connectivity index (χ0) is 19.8. The third-order valence-corrected chi connectivity index (χ3v) is 6.87. The molecule has 0 radical (unpaired) electrons. The second kappa shape index (κ2) is 7.40. The van der Waals surface area contributed by atoms with Crippen LogP contribution in [0.5, 0.6) is 0 Å². The maximum absolute atomic E-state index is 13.0. The van der Waals surface area contributed by atoms with Gasteiger partial charge in [-0.3, -0.25) is 9.69 Å². The number of pyridine rings is 1. The average Bonchev–Trinajstić information content (AvgIpc) is 3.05. The summed E-state index contributed by atoms with van der Waals surface area (Å²) < 4.78 is 28.6. The van der Waals surface area contributed by atoms with Gasteiger partial charge in [0, 0.05) is 25.7 Å². The fraction of sp³-hybridized carbons (Fsp3) is 0.400. The van der Waals surface area contributed by atoms with Gasteiger partial charge in [-0.15, -0.1) is 0 Å². The summed E-state index contributed by atoms with van der Waals surface area (Å²) in [5.41, 5.74) is 4.21. The minimum atomic E-state index is -3.66. The first-order chi connectivity index (χ1) is 12.7. The molecule has 0 atom stereocenters. The third kappa shape index (κ3) is 3.89. The number of nitrogens with one attached hydrogen (secondary N) is 1. The molecule has 0 saturated carbocycles. The first-order valence-corrected chi connectivity index (χ1v) is 10.5. The topological polar surface area (TPSA) is 79.4 Å². The maximum Gasteiger partial charge on any atom is 0.241 e. The van der Waals surface area contributed by atoms with Crippen LogP contribution in [0.3, 0.4) is 0 Å². The molecule has 3 rings (SSSR count). The summed E-state index contributed by atoms with van der Waals surface area (Å²) in [5.74, 6) is 0.634. The lowest BCUT2D eigenvalue weighted by Crippen LogP contribution is -2.27. The van der Waals surface area contributed by atoms with Crippen LogP contribution in [0.4, 0.5) is 5.82 Å². The van der Waals surface area contributed by atoms with Gasteiger partial charge < -0.3 is 0 Å². The van der Waals surface area contributed by atoms with E-state index in [0.29, 0.717) is 23.7 Å². The summed E-state index contributed by atoms with van der Waals surface area (Å²) in [6, 6.07) is 5.53. The number of rotatable bonds is 5. The van der Waals surface area contributed by atoms with Crippen LogP contribution in [0.2, 0.25) is 0 Å². The van der Waals surface area contributed by atoms with Gasteiger partial charge in [0.1, 0.15) is 5.82 Å². The molecule has 1 aliphatic rings. The van der Waals surface area contributed by atoms with Gasteiger partial charge >= 0.3 is 0 Å². The molecule has 0 spiro atoms. The SMILES string of the molecule is Cc1cc(C)c(C)c(S(=O)(=O)NCc2ccnc(N3CCCC3=O)c2)c1C. The molecular weight excluding hydrogens is 362 g/mol. The van der Waals surface area contributed by atoms with Crippen molar-refractivity contribution in [2.24, 2.45) is 0 Å². The molecule has 1 saturated heterocycles. The average molecular weight is 388 g/mol. The lowest BCUT2D eigenvalue weighted by Gasteiger charge is -2.17. The molecule has 6 nitrogen and oxygen atoms in total. The van der Waals surface area contributed by atoms with Gasteiger partial charge in [-0.05, 0) is 74.1 Å². The van der Waals surface area contributed by atoms with E-state index in [1.54, 1.807) is 23.2 Å². The van der Waals surface area contributed by atoms with Gasteiger partial charge in [0.25, 0.3) is 0 Å². The van der Waals surface area contributed by atoms with Crippen LogP contribution in [-0.4, -0.2) is 25.9 Å². The molecule has 1 amide bonds. The van der Waals surface area contributed by atoms with Gasteiger partial charge in [0.2, 0.25) is 15.9 Å². The zero-order valence-electron chi connectivity index (χ0n) is 16.2. The Hall–Kier alpha value is -2.25. The number of aryl methyl sites for hydroxylation is 2. The molecule has 1 aliphatic heterocycles. The predicted octanol–water partition coefficient (Wildman–Crippen LogP) is 2.92. The number of sulfonamides is 1. The van der Waals surface area contributed by atoms with E-state index in [4.69, 9.17) is 0 Å². The summed E-state index contributed by atoms with van der Waals surface area (Å²) in [5, 5.41) is 0. The van der Waals surface area contributed by atoms with Crippen molar-refractivity contribution >= 4 is 21.7 Å². The minimum absolute atomic E-state index is 0.0571. The second-order valence-electron chi connectivity index (χ2n) is 7.09. The smallest absolute Gasteiger partial charge is 0.241 e. The lowest BCUT2D eigenvalue weighted by atomic mass is 10.0. The highest BCUT2D eigenvalue weighted by molar-refractivity contribution is 7.89. The monoisotopic (exact) mass is 387 g/mol. The van der Waals surface area contributed by atoms with Crippen LogP contribution < -0.4 is 9.62 Å². The Morgan fingerprint density at radius 1 is 1.11 bits per heavy atom. The van der Waals surface area contributed by atoms with E-state index in [1.807, 2.05) is 33.8 Å². The van der Waals surface area contributed by atoms with Crippen molar-refractivity contribution in [3.8, 4) is 0 Å². The standard InChI is InChI=1S/C20H25N3O3S/c1-13-10-14(2)16(4)20(15(13)3)27(25,26)22-12-17-7-8-21-18(11-17)23-9-5-6-19(23)24/h7-8,10-11,22H,5-6,9,12H2,1-4H3. The molecule has 0 unspecified atom stereocenters. The molecule has 2 aromatic rings. The van der Waals surface area contributed by atoms with Crippen molar-refractivity contribution in [2.75, 3.05) is 11.4 Å². The molecule has 2 heterocycles.